The van der Waals surface area contributed by atoms with Gasteiger partial charge in [0.2, 0.25) is 4.77 Å². The Hall–Kier alpha value is -2.29. The summed E-state index contributed by atoms with van der Waals surface area (Å²) >= 11 is 4.92. The lowest BCUT2D eigenvalue weighted by Crippen LogP contribution is -2.03. The van der Waals surface area contributed by atoms with E-state index in [1.807, 2.05) is 0 Å². The summed E-state index contributed by atoms with van der Waals surface area (Å²) in [4.78, 5) is 0. The second-order valence-electron chi connectivity index (χ2n) is 3.54. The first-order valence-electron chi connectivity index (χ1n) is 5.39. The van der Waals surface area contributed by atoms with E-state index in [9.17, 15) is 8.78 Å². The lowest BCUT2D eigenvalue weighted by Gasteiger charge is -2.09. The molecule has 20 heavy (non-hydrogen) atoms. The van der Waals surface area contributed by atoms with E-state index in [1.165, 1.54) is 36.5 Å². The lowest BCUT2D eigenvalue weighted by molar-refractivity contribution is -0.0512. The van der Waals surface area contributed by atoms with Crippen LogP contribution < -0.4 is 9.47 Å². The van der Waals surface area contributed by atoms with Crippen LogP contribution in [0, 0.1) is 4.77 Å². The Morgan fingerprint density at radius 3 is 2.85 bits per heavy atom. The molecule has 0 aliphatic carbocycles. The summed E-state index contributed by atoms with van der Waals surface area (Å²) in [5.41, 5.74) is 0.631. The number of hydrogen-bond acceptors (Lipinski definition) is 5. The van der Waals surface area contributed by atoms with Crippen molar-refractivity contribution in [3.05, 3.63) is 34.9 Å². The number of hydrogen-bond donors (Lipinski definition) is 1. The molecule has 0 amide bonds. The summed E-state index contributed by atoms with van der Waals surface area (Å²) in [5.74, 6) is 0.143. The molecule has 0 saturated carbocycles. The van der Waals surface area contributed by atoms with Gasteiger partial charge in [-0.05, 0) is 36.0 Å². The van der Waals surface area contributed by atoms with Crippen molar-refractivity contribution in [2.75, 3.05) is 7.11 Å². The number of H-pyrrole nitrogens is 1. The molecular weight excluding hydrogens is 290 g/mol. The first kappa shape index (κ1) is 14.1. The van der Waals surface area contributed by atoms with E-state index in [0.717, 1.165) is 0 Å². The highest BCUT2D eigenvalue weighted by Crippen LogP contribution is 2.28. The van der Waals surface area contributed by atoms with E-state index in [2.05, 4.69) is 20.0 Å². The number of methoxy groups -OCH3 is 1. The Labute approximate surface area is 117 Å². The van der Waals surface area contributed by atoms with Crippen LogP contribution in [0.5, 0.6) is 11.5 Å². The number of nitrogens with zero attached hydrogens (tertiary/aromatic N) is 3. The van der Waals surface area contributed by atoms with Gasteiger partial charge in [0.05, 0.1) is 13.3 Å². The fourth-order valence-corrected chi connectivity index (χ4v) is 1.56. The average molecular weight is 300 g/mol. The van der Waals surface area contributed by atoms with Gasteiger partial charge >= 0.3 is 6.61 Å². The number of halogens is 2. The number of benzene rings is 1. The molecule has 6 nitrogen and oxygen atoms in total. The summed E-state index contributed by atoms with van der Waals surface area (Å²) in [6.07, 6.45) is 2.89. The lowest BCUT2D eigenvalue weighted by atomic mass is 10.2. The van der Waals surface area contributed by atoms with Crippen molar-refractivity contribution >= 4 is 18.4 Å². The molecule has 0 aliphatic rings. The Kier molecular flexibility index (Phi) is 4.41. The van der Waals surface area contributed by atoms with Crippen LogP contribution >= 0.6 is 12.2 Å². The second kappa shape index (κ2) is 6.24. The maximum atomic E-state index is 12.2. The highest BCUT2D eigenvalue weighted by atomic mass is 32.1. The van der Waals surface area contributed by atoms with Crippen LogP contribution in [0.4, 0.5) is 8.78 Å². The van der Waals surface area contributed by atoms with E-state index in [0.29, 0.717) is 10.3 Å². The molecule has 0 fully saturated rings. The number of rotatable bonds is 5. The zero-order chi connectivity index (χ0) is 14.5. The quantitative estimate of drug-likeness (QED) is 0.680. The standard InChI is InChI=1S/C11H10F2N4O2S/c1-18-9-4-7(2-3-8(9)19-10(12)13)5-15-17-6-14-16-11(17)20/h2-6,10H,1H3,(H,16,20)/b15-5+. The van der Waals surface area contributed by atoms with Gasteiger partial charge in [-0.15, -0.1) is 0 Å². The number of aromatic nitrogens is 3. The summed E-state index contributed by atoms with van der Waals surface area (Å²) in [6.45, 7) is -2.91. The molecule has 0 aliphatic heterocycles. The molecular formula is C11H10F2N4O2S. The Morgan fingerprint density at radius 2 is 2.25 bits per heavy atom. The molecule has 0 radical (unpaired) electrons. The largest absolute Gasteiger partial charge is 0.493 e. The van der Waals surface area contributed by atoms with Gasteiger partial charge in [-0.25, -0.2) is 0 Å². The van der Waals surface area contributed by atoms with Crippen LogP contribution in [0.2, 0.25) is 0 Å². The fraction of sp³-hybridized carbons (Fsp3) is 0.182. The van der Waals surface area contributed by atoms with Crippen molar-refractivity contribution < 1.29 is 18.3 Å². The van der Waals surface area contributed by atoms with Crippen molar-refractivity contribution in [3.8, 4) is 11.5 Å². The molecule has 1 aromatic carbocycles. The number of ether oxygens (including phenoxy) is 2. The normalized spacial score (nSPS) is 11.2. The van der Waals surface area contributed by atoms with Crippen molar-refractivity contribution in [2.24, 2.45) is 5.10 Å². The van der Waals surface area contributed by atoms with Gasteiger partial charge in [0, 0.05) is 0 Å². The third kappa shape index (κ3) is 3.38. The van der Waals surface area contributed by atoms with Crippen LogP contribution in [-0.2, 0) is 0 Å². The summed E-state index contributed by atoms with van der Waals surface area (Å²) in [6, 6.07) is 4.46. The molecule has 0 unspecified atom stereocenters. The van der Waals surface area contributed by atoms with E-state index in [-0.39, 0.29) is 11.5 Å². The monoisotopic (exact) mass is 300 g/mol. The van der Waals surface area contributed by atoms with Crippen molar-refractivity contribution in [1.82, 2.24) is 14.9 Å². The first-order chi connectivity index (χ1) is 9.60. The van der Waals surface area contributed by atoms with Crippen LogP contribution in [-0.4, -0.2) is 34.8 Å². The highest BCUT2D eigenvalue weighted by Gasteiger charge is 2.10. The number of alkyl halides is 2. The second-order valence-corrected chi connectivity index (χ2v) is 3.93. The van der Waals surface area contributed by atoms with Crippen molar-refractivity contribution in [2.45, 2.75) is 6.61 Å². The first-order valence-corrected chi connectivity index (χ1v) is 5.80. The predicted molar refractivity (Wildman–Crippen MR) is 70.0 cm³/mol. The molecule has 0 bridgehead atoms. The smallest absolute Gasteiger partial charge is 0.387 e. The molecule has 1 N–H and O–H groups in total. The Morgan fingerprint density at radius 1 is 1.45 bits per heavy atom. The van der Waals surface area contributed by atoms with Gasteiger partial charge < -0.3 is 9.47 Å². The van der Waals surface area contributed by atoms with E-state index in [1.54, 1.807) is 6.07 Å². The van der Waals surface area contributed by atoms with E-state index < -0.39 is 6.61 Å². The van der Waals surface area contributed by atoms with Gasteiger partial charge in [0.25, 0.3) is 0 Å². The van der Waals surface area contributed by atoms with Crippen molar-refractivity contribution in [1.29, 1.82) is 0 Å². The minimum atomic E-state index is -2.91. The average Bonchev–Trinajstić information content (AvgIpc) is 2.82. The van der Waals surface area contributed by atoms with E-state index >= 15 is 0 Å². The van der Waals surface area contributed by atoms with Gasteiger partial charge in [-0.1, -0.05) is 0 Å². The molecule has 0 saturated heterocycles. The van der Waals surface area contributed by atoms with Crippen LogP contribution in [0.15, 0.2) is 29.6 Å². The highest BCUT2D eigenvalue weighted by molar-refractivity contribution is 7.71. The third-order valence-corrected chi connectivity index (χ3v) is 2.55. The van der Waals surface area contributed by atoms with E-state index in [4.69, 9.17) is 17.0 Å². The van der Waals surface area contributed by atoms with Crippen LogP contribution in [0.3, 0.4) is 0 Å². The summed E-state index contributed by atoms with van der Waals surface area (Å²) in [7, 11) is 1.36. The van der Waals surface area contributed by atoms with Gasteiger partial charge in [0.1, 0.15) is 6.33 Å². The Balaban J connectivity index is 2.23. The minimum Gasteiger partial charge on any atom is -0.493 e. The third-order valence-electron chi connectivity index (χ3n) is 2.27. The molecule has 2 aromatic rings. The molecule has 1 aromatic heterocycles. The van der Waals surface area contributed by atoms with Crippen LogP contribution in [0.25, 0.3) is 0 Å². The summed E-state index contributed by atoms with van der Waals surface area (Å²) < 4.78 is 35.4. The minimum absolute atomic E-state index is 0.0421. The number of aromatic amines is 1. The van der Waals surface area contributed by atoms with Gasteiger partial charge in [0.15, 0.2) is 11.5 Å². The molecule has 9 heteroatoms. The molecule has 1 heterocycles. The topological polar surface area (TPSA) is 64.4 Å². The predicted octanol–water partition coefficient (Wildman–Crippen LogP) is 2.43. The molecule has 0 atom stereocenters. The zero-order valence-electron chi connectivity index (χ0n) is 10.3. The Bertz CT molecular complexity index is 668. The van der Waals surface area contributed by atoms with Crippen LogP contribution in [0.1, 0.15) is 5.56 Å². The molecule has 2 rings (SSSR count). The summed E-state index contributed by atoms with van der Waals surface area (Å²) in [5, 5.41) is 10.3. The zero-order valence-corrected chi connectivity index (χ0v) is 11.1. The number of nitrogens with one attached hydrogen (secondary N) is 1. The van der Waals surface area contributed by atoms with Gasteiger partial charge in [-0.2, -0.15) is 23.7 Å². The maximum Gasteiger partial charge on any atom is 0.387 e. The SMILES string of the molecule is COc1cc(/C=N/n2cn[nH]c2=S)ccc1OC(F)F. The molecule has 0 spiro atoms. The van der Waals surface area contributed by atoms with Crippen molar-refractivity contribution in [3.63, 3.8) is 0 Å². The van der Waals surface area contributed by atoms with Gasteiger partial charge in [-0.3, -0.25) is 5.10 Å². The fourth-order valence-electron chi connectivity index (χ4n) is 1.41. The maximum absolute atomic E-state index is 12.2. The molecule has 106 valence electrons.